The molecule has 1 atom stereocenters. The van der Waals surface area contributed by atoms with Crippen LogP contribution in [0.1, 0.15) is 28.4 Å². The van der Waals surface area contributed by atoms with Crippen LogP contribution in [0.5, 0.6) is 0 Å². The Hall–Kier alpha value is -4.01. The molecule has 0 radical (unpaired) electrons. The first-order chi connectivity index (χ1) is 15.1. The number of hydrogen-bond acceptors (Lipinski definition) is 6. The number of primary amides is 1. The highest BCUT2D eigenvalue weighted by molar-refractivity contribution is 5.78. The van der Waals surface area contributed by atoms with Crippen LogP contribution in [-0.4, -0.2) is 36.4 Å². The van der Waals surface area contributed by atoms with Crippen molar-refractivity contribution in [3.05, 3.63) is 58.7 Å². The molecule has 2 aromatic rings. The summed E-state index contributed by atoms with van der Waals surface area (Å²) in [6.07, 6.45) is -2.20. The van der Waals surface area contributed by atoms with Crippen LogP contribution in [0.3, 0.4) is 0 Å². The van der Waals surface area contributed by atoms with Crippen molar-refractivity contribution in [2.75, 3.05) is 18.1 Å². The number of nitrogens with two attached hydrogens (primary N) is 3. The molecule has 0 saturated carbocycles. The van der Waals surface area contributed by atoms with Gasteiger partial charge in [0.1, 0.15) is 12.6 Å². The fourth-order valence-electron chi connectivity index (χ4n) is 3.10. The summed E-state index contributed by atoms with van der Waals surface area (Å²) < 4.78 is 43.9. The van der Waals surface area contributed by atoms with Crippen LogP contribution < -0.4 is 22.1 Å². The molecule has 1 aromatic heterocycles. The Balaban J connectivity index is 2.61. The van der Waals surface area contributed by atoms with Gasteiger partial charge in [0, 0.05) is 11.8 Å². The third-order valence-electron chi connectivity index (χ3n) is 4.41. The van der Waals surface area contributed by atoms with E-state index in [1.54, 1.807) is 19.1 Å². The SMILES string of the molecule is Cc1ccnc(C(C(F)F)N(CCON=C(N)N)c2ccc(C#N)c(CC(N)=O)c2F)c1. The fraction of sp³-hybridized carbons (Fsp3) is 0.300. The zero-order valence-electron chi connectivity index (χ0n) is 17.1. The van der Waals surface area contributed by atoms with E-state index in [9.17, 15) is 18.8 Å². The molecular weight excluding hydrogens is 427 g/mol. The van der Waals surface area contributed by atoms with Gasteiger partial charge in [-0.15, -0.1) is 0 Å². The van der Waals surface area contributed by atoms with Crippen LogP contribution in [0.4, 0.5) is 18.9 Å². The molecule has 1 amide bonds. The number of aryl methyl sites for hydroxylation is 1. The van der Waals surface area contributed by atoms with Crippen LogP contribution >= 0.6 is 0 Å². The van der Waals surface area contributed by atoms with Crippen LogP contribution in [-0.2, 0) is 16.1 Å². The van der Waals surface area contributed by atoms with E-state index in [2.05, 4.69) is 10.1 Å². The van der Waals surface area contributed by atoms with Gasteiger partial charge in [0.2, 0.25) is 11.9 Å². The smallest absolute Gasteiger partial charge is 0.264 e. The molecule has 1 unspecified atom stereocenters. The Labute approximate surface area is 182 Å². The molecule has 6 N–H and O–H groups in total. The number of hydrogen-bond donors (Lipinski definition) is 3. The predicted octanol–water partition coefficient (Wildman–Crippen LogP) is 1.45. The second kappa shape index (κ2) is 10.9. The number of carbonyl (C=O) groups is 1. The number of aromatic nitrogens is 1. The van der Waals surface area contributed by atoms with E-state index in [4.69, 9.17) is 22.0 Å². The van der Waals surface area contributed by atoms with Crippen LogP contribution in [0.25, 0.3) is 0 Å². The summed E-state index contributed by atoms with van der Waals surface area (Å²) in [5.41, 5.74) is 15.5. The van der Waals surface area contributed by atoms with Crippen molar-refractivity contribution in [1.29, 1.82) is 5.26 Å². The van der Waals surface area contributed by atoms with Gasteiger partial charge in [-0.3, -0.25) is 9.78 Å². The normalized spacial score (nSPS) is 11.5. The third kappa shape index (κ3) is 6.00. The zero-order valence-corrected chi connectivity index (χ0v) is 17.1. The number of anilines is 1. The first kappa shape index (κ1) is 24.3. The van der Waals surface area contributed by atoms with E-state index >= 15 is 4.39 Å². The van der Waals surface area contributed by atoms with Gasteiger partial charge >= 0.3 is 0 Å². The van der Waals surface area contributed by atoms with E-state index in [1.807, 2.05) is 0 Å². The lowest BCUT2D eigenvalue weighted by Gasteiger charge is -2.33. The average Bonchev–Trinajstić information content (AvgIpc) is 2.71. The van der Waals surface area contributed by atoms with Crippen molar-refractivity contribution in [2.45, 2.75) is 25.8 Å². The molecule has 0 bridgehead atoms. The molecule has 12 heteroatoms. The third-order valence-corrected chi connectivity index (χ3v) is 4.41. The molecular formula is C20H22F3N7O2. The van der Waals surface area contributed by atoms with E-state index in [0.717, 1.165) is 4.90 Å². The Morgan fingerprint density at radius 3 is 2.59 bits per heavy atom. The molecule has 0 aliphatic carbocycles. The molecule has 0 aliphatic heterocycles. The van der Waals surface area contributed by atoms with Gasteiger partial charge in [-0.2, -0.15) is 5.26 Å². The lowest BCUT2D eigenvalue weighted by molar-refractivity contribution is -0.117. The molecule has 1 heterocycles. The maximum absolute atomic E-state index is 15.4. The maximum atomic E-state index is 15.4. The average molecular weight is 449 g/mol. The molecule has 0 spiro atoms. The van der Waals surface area contributed by atoms with E-state index in [-0.39, 0.29) is 41.6 Å². The highest BCUT2D eigenvalue weighted by Crippen LogP contribution is 2.35. The van der Waals surface area contributed by atoms with Gasteiger partial charge in [-0.1, -0.05) is 0 Å². The quantitative estimate of drug-likeness (QED) is 0.214. The number of nitrogens with zero attached hydrogens (tertiary/aromatic N) is 4. The summed E-state index contributed by atoms with van der Waals surface area (Å²) in [5, 5.41) is 12.6. The monoisotopic (exact) mass is 449 g/mol. The minimum Gasteiger partial charge on any atom is -0.391 e. The standard InChI is InChI=1S/C20H22F3N7O2/c1-11-4-5-28-14(8-11)18(19(22)23)30(6-7-32-29-20(26)27)15-3-2-12(10-24)13(17(15)21)9-16(25)31/h2-5,8,18-19H,6-7,9H2,1H3,(H2,25,31)(H4,26,27,29). The molecule has 170 valence electrons. The number of oxime groups is 1. The molecule has 0 saturated heterocycles. The Morgan fingerprint density at radius 1 is 1.31 bits per heavy atom. The van der Waals surface area contributed by atoms with E-state index < -0.39 is 30.6 Å². The summed E-state index contributed by atoms with van der Waals surface area (Å²) in [5.74, 6) is -2.29. The fourth-order valence-corrected chi connectivity index (χ4v) is 3.10. The number of nitriles is 1. The van der Waals surface area contributed by atoms with Crippen molar-refractivity contribution in [1.82, 2.24) is 4.98 Å². The number of halogens is 3. The van der Waals surface area contributed by atoms with Crippen molar-refractivity contribution >= 4 is 17.6 Å². The summed E-state index contributed by atoms with van der Waals surface area (Å²) in [4.78, 5) is 21.3. The Bertz CT molecular complexity index is 1040. The Morgan fingerprint density at radius 2 is 2.03 bits per heavy atom. The topological polar surface area (TPSA) is 157 Å². The van der Waals surface area contributed by atoms with Crippen molar-refractivity contribution in [3.63, 3.8) is 0 Å². The first-order valence-electron chi connectivity index (χ1n) is 9.33. The van der Waals surface area contributed by atoms with Crippen molar-refractivity contribution in [2.24, 2.45) is 22.4 Å². The molecule has 1 aromatic carbocycles. The summed E-state index contributed by atoms with van der Waals surface area (Å²) >= 11 is 0. The lowest BCUT2D eigenvalue weighted by Crippen LogP contribution is -2.37. The first-order valence-corrected chi connectivity index (χ1v) is 9.33. The van der Waals surface area contributed by atoms with Gasteiger partial charge in [-0.05, 0) is 41.9 Å². The number of guanidine groups is 1. The maximum Gasteiger partial charge on any atom is 0.264 e. The number of amides is 1. The van der Waals surface area contributed by atoms with Crippen molar-refractivity contribution < 1.29 is 22.8 Å². The molecule has 32 heavy (non-hydrogen) atoms. The van der Waals surface area contributed by atoms with Gasteiger partial charge in [0.05, 0.1) is 36.0 Å². The summed E-state index contributed by atoms with van der Waals surface area (Å²) in [6.45, 7) is 1.14. The van der Waals surface area contributed by atoms with Crippen LogP contribution in [0.15, 0.2) is 35.6 Å². The van der Waals surface area contributed by atoms with Crippen LogP contribution in [0, 0.1) is 24.1 Å². The molecule has 9 nitrogen and oxygen atoms in total. The van der Waals surface area contributed by atoms with Crippen molar-refractivity contribution in [3.8, 4) is 6.07 Å². The van der Waals surface area contributed by atoms with E-state index in [1.165, 1.54) is 24.4 Å². The van der Waals surface area contributed by atoms with E-state index in [0.29, 0.717) is 5.56 Å². The molecule has 2 rings (SSSR count). The number of carbonyl (C=O) groups excluding carboxylic acids is 1. The molecule has 0 aliphatic rings. The number of rotatable bonds is 10. The number of benzene rings is 1. The highest BCUT2D eigenvalue weighted by atomic mass is 19.3. The zero-order chi connectivity index (χ0) is 23.8. The summed E-state index contributed by atoms with van der Waals surface area (Å²) in [6, 6.07) is 5.57. The second-order valence-corrected chi connectivity index (χ2v) is 6.76. The Kier molecular flexibility index (Phi) is 8.23. The highest BCUT2D eigenvalue weighted by Gasteiger charge is 2.33. The van der Waals surface area contributed by atoms with Crippen LogP contribution in [0.2, 0.25) is 0 Å². The van der Waals surface area contributed by atoms with Gasteiger partial charge in [0.25, 0.3) is 6.43 Å². The summed E-state index contributed by atoms with van der Waals surface area (Å²) in [7, 11) is 0. The molecule has 0 fully saturated rings. The van der Waals surface area contributed by atoms with Gasteiger partial charge in [-0.25, -0.2) is 13.2 Å². The largest absolute Gasteiger partial charge is 0.391 e. The minimum absolute atomic E-state index is 0.0120. The predicted molar refractivity (Wildman–Crippen MR) is 111 cm³/mol. The number of alkyl halides is 2. The van der Waals surface area contributed by atoms with Gasteiger partial charge < -0.3 is 26.9 Å². The second-order valence-electron chi connectivity index (χ2n) is 6.76. The van der Waals surface area contributed by atoms with Gasteiger partial charge in [0.15, 0.2) is 5.82 Å². The minimum atomic E-state index is -2.98. The number of pyridine rings is 1. The lowest BCUT2D eigenvalue weighted by atomic mass is 10.0.